The lowest BCUT2D eigenvalue weighted by molar-refractivity contribution is 0.183. The van der Waals surface area contributed by atoms with Crippen LogP contribution in [0, 0.1) is 0 Å². The first-order valence-corrected chi connectivity index (χ1v) is 7.04. The average molecular weight is 268 g/mol. The first-order chi connectivity index (χ1) is 9.75. The maximum absolute atomic E-state index is 10.4. The van der Waals surface area contributed by atoms with E-state index in [0.29, 0.717) is 6.54 Å². The van der Waals surface area contributed by atoms with E-state index < -0.39 is 6.10 Å². The van der Waals surface area contributed by atoms with E-state index in [1.54, 1.807) is 0 Å². The molecule has 20 heavy (non-hydrogen) atoms. The molecule has 3 nitrogen and oxygen atoms in total. The predicted octanol–water partition coefficient (Wildman–Crippen LogP) is 2.68. The molecule has 1 heterocycles. The van der Waals surface area contributed by atoms with Crippen LogP contribution in [0.2, 0.25) is 0 Å². The Morgan fingerprint density at radius 3 is 2.35 bits per heavy atom. The molecule has 3 heteroatoms. The third kappa shape index (κ3) is 2.49. The summed E-state index contributed by atoms with van der Waals surface area (Å²) in [5.41, 5.74) is 3.42. The maximum Gasteiger partial charge on any atom is 0.0964 e. The monoisotopic (exact) mass is 268 g/mol. The summed E-state index contributed by atoms with van der Waals surface area (Å²) in [6.07, 6.45) is -0.451. The van der Waals surface area contributed by atoms with Crippen molar-refractivity contribution in [2.45, 2.75) is 6.10 Å². The molecular formula is C17H20N2O. The first-order valence-electron chi connectivity index (χ1n) is 7.04. The molecule has 0 radical (unpaired) electrons. The van der Waals surface area contributed by atoms with Gasteiger partial charge in [-0.1, -0.05) is 42.5 Å². The van der Waals surface area contributed by atoms with Crippen LogP contribution in [-0.2, 0) is 0 Å². The van der Waals surface area contributed by atoms with Gasteiger partial charge in [-0.05, 0) is 17.7 Å². The van der Waals surface area contributed by atoms with E-state index in [1.807, 2.05) is 30.3 Å². The number of hydrogen-bond acceptors (Lipinski definition) is 3. The fourth-order valence-corrected chi connectivity index (χ4v) is 2.74. The number of aliphatic hydroxyl groups is 1. The van der Waals surface area contributed by atoms with Crippen molar-refractivity contribution in [1.29, 1.82) is 0 Å². The van der Waals surface area contributed by atoms with Crippen LogP contribution in [0.3, 0.4) is 0 Å². The van der Waals surface area contributed by atoms with Crippen LogP contribution >= 0.6 is 0 Å². The highest BCUT2D eigenvalue weighted by molar-refractivity contribution is 5.73. The molecule has 0 aliphatic carbocycles. The number of β-amino-alcohol motifs (C(OH)–C–C–N with tert-alkyl or cyclic N) is 1. The Morgan fingerprint density at radius 1 is 0.950 bits per heavy atom. The smallest absolute Gasteiger partial charge is 0.0964 e. The van der Waals surface area contributed by atoms with Gasteiger partial charge >= 0.3 is 0 Å². The molecule has 1 atom stereocenters. The van der Waals surface area contributed by atoms with Gasteiger partial charge in [-0.2, -0.15) is 0 Å². The number of para-hydroxylation sites is 2. The van der Waals surface area contributed by atoms with Gasteiger partial charge in [0, 0.05) is 26.7 Å². The summed E-state index contributed by atoms with van der Waals surface area (Å²) in [6, 6.07) is 18.2. The van der Waals surface area contributed by atoms with Crippen molar-refractivity contribution in [2.75, 3.05) is 36.5 Å². The molecule has 1 aliphatic heterocycles. The lowest BCUT2D eigenvalue weighted by Crippen LogP contribution is -2.41. The summed E-state index contributed by atoms with van der Waals surface area (Å²) in [5.74, 6) is 0. The third-order valence-electron chi connectivity index (χ3n) is 3.92. The highest BCUT2D eigenvalue weighted by atomic mass is 16.3. The number of rotatable bonds is 3. The standard InChI is InChI=1S/C17H20N2O/c1-18-11-12-19(16-10-6-5-9-15(16)18)13-17(20)14-7-3-2-4-8-14/h2-10,17,20H,11-13H2,1H3. The molecule has 0 bridgehead atoms. The minimum atomic E-state index is -0.451. The Balaban J connectivity index is 1.81. The molecular weight excluding hydrogens is 248 g/mol. The number of nitrogens with zero attached hydrogens (tertiary/aromatic N) is 2. The minimum absolute atomic E-state index is 0.451. The molecule has 0 saturated heterocycles. The normalized spacial score (nSPS) is 15.9. The Hall–Kier alpha value is -2.00. The van der Waals surface area contributed by atoms with E-state index in [4.69, 9.17) is 0 Å². The van der Waals surface area contributed by atoms with Crippen molar-refractivity contribution < 1.29 is 5.11 Å². The zero-order valence-electron chi connectivity index (χ0n) is 11.7. The molecule has 2 aromatic rings. The van der Waals surface area contributed by atoms with Crippen LogP contribution in [0.15, 0.2) is 54.6 Å². The lowest BCUT2D eigenvalue weighted by Gasteiger charge is -2.38. The Morgan fingerprint density at radius 2 is 1.60 bits per heavy atom. The second-order valence-electron chi connectivity index (χ2n) is 5.28. The van der Waals surface area contributed by atoms with E-state index >= 15 is 0 Å². The summed E-state index contributed by atoms with van der Waals surface area (Å²) in [4.78, 5) is 4.54. The summed E-state index contributed by atoms with van der Waals surface area (Å²) in [7, 11) is 2.11. The molecule has 1 N–H and O–H groups in total. The number of anilines is 2. The van der Waals surface area contributed by atoms with Crippen molar-refractivity contribution in [3.63, 3.8) is 0 Å². The van der Waals surface area contributed by atoms with Gasteiger partial charge in [0.15, 0.2) is 0 Å². The second-order valence-corrected chi connectivity index (χ2v) is 5.28. The van der Waals surface area contributed by atoms with Crippen molar-refractivity contribution in [3.8, 4) is 0 Å². The predicted molar refractivity (Wildman–Crippen MR) is 83.3 cm³/mol. The number of hydrogen-bond donors (Lipinski definition) is 1. The Labute approximate surface area is 120 Å². The van der Waals surface area contributed by atoms with Crippen LogP contribution < -0.4 is 9.80 Å². The van der Waals surface area contributed by atoms with E-state index in [-0.39, 0.29) is 0 Å². The van der Waals surface area contributed by atoms with Crippen molar-refractivity contribution in [1.82, 2.24) is 0 Å². The third-order valence-corrected chi connectivity index (χ3v) is 3.92. The van der Waals surface area contributed by atoms with Crippen molar-refractivity contribution >= 4 is 11.4 Å². The molecule has 0 saturated carbocycles. The molecule has 1 aliphatic rings. The molecule has 0 fully saturated rings. The van der Waals surface area contributed by atoms with Crippen LogP contribution in [0.1, 0.15) is 11.7 Å². The molecule has 3 rings (SSSR count). The van der Waals surface area contributed by atoms with Crippen molar-refractivity contribution in [3.05, 3.63) is 60.2 Å². The minimum Gasteiger partial charge on any atom is -0.387 e. The van der Waals surface area contributed by atoms with Gasteiger partial charge < -0.3 is 14.9 Å². The highest BCUT2D eigenvalue weighted by Crippen LogP contribution is 2.32. The maximum atomic E-state index is 10.4. The van der Waals surface area contributed by atoms with E-state index in [1.165, 1.54) is 11.4 Å². The van der Waals surface area contributed by atoms with Gasteiger partial charge in [-0.3, -0.25) is 0 Å². The van der Waals surface area contributed by atoms with Gasteiger partial charge in [0.05, 0.1) is 17.5 Å². The van der Waals surface area contributed by atoms with Crippen LogP contribution in [0.4, 0.5) is 11.4 Å². The highest BCUT2D eigenvalue weighted by Gasteiger charge is 2.22. The first kappa shape index (κ1) is 13.0. The van der Waals surface area contributed by atoms with Crippen LogP contribution in [0.5, 0.6) is 0 Å². The van der Waals surface area contributed by atoms with Gasteiger partial charge in [0.1, 0.15) is 0 Å². The fourth-order valence-electron chi connectivity index (χ4n) is 2.74. The fraction of sp³-hybridized carbons (Fsp3) is 0.294. The Kier molecular flexibility index (Phi) is 3.61. The topological polar surface area (TPSA) is 26.7 Å². The second kappa shape index (κ2) is 5.55. The lowest BCUT2D eigenvalue weighted by atomic mass is 10.1. The largest absolute Gasteiger partial charge is 0.387 e. The molecule has 2 aromatic carbocycles. The zero-order chi connectivity index (χ0) is 13.9. The number of likely N-dealkylation sites (N-methyl/N-ethyl adjacent to an activating group) is 1. The van der Waals surface area contributed by atoms with Gasteiger partial charge in [-0.25, -0.2) is 0 Å². The summed E-state index contributed by atoms with van der Waals surface area (Å²) >= 11 is 0. The SMILES string of the molecule is CN1CCN(CC(O)c2ccccc2)c2ccccc21. The number of benzene rings is 2. The quantitative estimate of drug-likeness (QED) is 0.927. The van der Waals surface area contributed by atoms with Crippen molar-refractivity contribution in [2.24, 2.45) is 0 Å². The zero-order valence-corrected chi connectivity index (χ0v) is 11.7. The summed E-state index contributed by atoms with van der Waals surface area (Å²) in [5, 5.41) is 10.4. The van der Waals surface area contributed by atoms with Gasteiger partial charge in [-0.15, -0.1) is 0 Å². The van der Waals surface area contributed by atoms with E-state index in [9.17, 15) is 5.11 Å². The average Bonchev–Trinajstić information content (AvgIpc) is 2.51. The van der Waals surface area contributed by atoms with Crippen LogP contribution in [-0.4, -0.2) is 31.8 Å². The number of aliphatic hydroxyl groups excluding tert-OH is 1. The summed E-state index contributed by atoms with van der Waals surface area (Å²) < 4.78 is 0. The van der Waals surface area contributed by atoms with Crippen LogP contribution in [0.25, 0.3) is 0 Å². The molecule has 1 unspecified atom stereocenters. The molecule has 0 amide bonds. The summed E-state index contributed by atoms with van der Waals surface area (Å²) in [6.45, 7) is 2.56. The van der Waals surface area contributed by atoms with E-state index in [2.05, 4.69) is 41.1 Å². The molecule has 0 spiro atoms. The molecule has 104 valence electrons. The Bertz CT molecular complexity index is 570. The van der Waals surface area contributed by atoms with Gasteiger partial charge in [0.25, 0.3) is 0 Å². The van der Waals surface area contributed by atoms with E-state index in [0.717, 1.165) is 18.7 Å². The van der Waals surface area contributed by atoms with Gasteiger partial charge in [0.2, 0.25) is 0 Å². The molecule has 0 aromatic heterocycles. The number of fused-ring (bicyclic) bond motifs is 1.